The molecule has 0 bridgehead atoms. The first kappa shape index (κ1) is 14.3. The second-order valence-electron chi connectivity index (χ2n) is 5.55. The number of aryl methyl sites for hydroxylation is 2. The maximum Gasteiger partial charge on any atom is 0.0958 e. The van der Waals surface area contributed by atoms with Crippen LogP contribution in [0.25, 0.3) is 11.0 Å². The number of aromatic nitrogens is 2. The molecular formula is C17H21N3S. The lowest BCUT2D eigenvalue weighted by atomic mass is 10.1. The molecule has 110 valence electrons. The van der Waals surface area contributed by atoms with Gasteiger partial charge in [0.25, 0.3) is 0 Å². The summed E-state index contributed by atoms with van der Waals surface area (Å²) in [6.07, 6.45) is 1.95. The first-order chi connectivity index (χ1) is 10.1. The van der Waals surface area contributed by atoms with E-state index in [0.29, 0.717) is 6.04 Å². The second kappa shape index (κ2) is 6.00. The van der Waals surface area contributed by atoms with E-state index < -0.39 is 0 Å². The van der Waals surface area contributed by atoms with E-state index in [-0.39, 0.29) is 0 Å². The van der Waals surface area contributed by atoms with Crippen molar-refractivity contribution in [3.05, 3.63) is 52.0 Å². The molecule has 0 radical (unpaired) electrons. The van der Waals surface area contributed by atoms with Crippen molar-refractivity contribution in [1.82, 2.24) is 14.9 Å². The Morgan fingerprint density at radius 1 is 1.29 bits per heavy atom. The molecule has 3 aromatic rings. The van der Waals surface area contributed by atoms with Gasteiger partial charge in [-0.1, -0.05) is 6.07 Å². The largest absolute Gasteiger partial charge is 0.329 e. The van der Waals surface area contributed by atoms with E-state index in [4.69, 9.17) is 0 Å². The molecule has 3 rings (SSSR count). The first-order valence-corrected chi connectivity index (χ1v) is 8.22. The van der Waals surface area contributed by atoms with E-state index in [0.717, 1.165) is 18.6 Å². The summed E-state index contributed by atoms with van der Waals surface area (Å²) in [5.74, 6) is 0. The van der Waals surface area contributed by atoms with Gasteiger partial charge in [-0.15, -0.1) is 11.3 Å². The molecule has 0 aliphatic carbocycles. The van der Waals surface area contributed by atoms with Crippen molar-refractivity contribution in [1.29, 1.82) is 0 Å². The molecule has 2 heterocycles. The summed E-state index contributed by atoms with van der Waals surface area (Å²) in [7, 11) is 0. The van der Waals surface area contributed by atoms with E-state index in [1.807, 2.05) is 6.33 Å². The van der Waals surface area contributed by atoms with Crippen molar-refractivity contribution in [2.24, 2.45) is 0 Å². The molecule has 21 heavy (non-hydrogen) atoms. The highest BCUT2D eigenvalue weighted by Gasteiger charge is 2.07. The monoisotopic (exact) mass is 299 g/mol. The van der Waals surface area contributed by atoms with Crippen molar-refractivity contribution < 1.29 is 0 Å². The van der Waals surface area contributed by atoms with Gasteiger partial charge in [0.15, 0.2) is 0 Å². The van der Waals surface area contributed by atoms with Gasteiger partial charge < -0.3 is 9.88 Å². The van der Waals surface area contributed by atoms with E-state index in [9.17, 15) is 0 Å². The Kier molecular flexibility index (Phi) is 4.08. The number of fused-ring (bicyclic) bond motifs is 1. The molecule has 1 N–H and O–H groups in total. The maximum absolute atomic E-state index is 4.51. The third-order valence-electron chi connectivity index (χ3n) is 4.01. The molecule has 1 atom stereocenters. The van der Waals surface area contributed by atoms with Gasteiger partial charge in [-0.05, 0) is 55.5 Å². The van der Waals surface area contributed by atoms with Crippen molar-refractivity contribution >= 4 is 22.4 Å². The summed E-state index contributed by atoms with van der Waals surface area (Å²) < 4.78 is 2.23. The number of nitrogens with zero attached hydrogens (tertiary/aromatic N) is 2. The van der Waals surface area contributed by atoms with Gasteiger partial charge in [-0.25, -0.2) is 4.98 Å². The van der Waals surface area contributed by atoms with Gasteiger partial charge in [-0.3, -0.25) is 0 Å². The molecule has 0 saturated heterocycles. The number of hydrogen-bond donors (Lipinski definition) is 1. The van der Waals surface area contributed by atoms with Crippen LogP contribution >= 0.6 is 11.3 Å². The molecule has 4 heteroatoms. The quantitative estimate of drug-likeness (QED) is 0.770. The Labute approximate surface area is 129 Å². The number of imidazole rings is 1. The van der Waals surface area contributed by atoms with Crippen LogP contribution in [0.2, 0.25) is 0 Å². The van der Waals surface area contributed by atoms with Crippen LogP contribution in [0, 0.1) is 13.8 Å². The number of nitrogens with one attached hydrogen (secondary N) is 1. The standard InChI is InChI=1S/C17H21N3S/c1-12-9-15-16(10-13(12)2)20(11-19-15)7-6-18-14(3)17-5-4-8-21-17/h4-5,8-11,14,18H,6-7H2,1-3H3. The molecule has 0 spiro atoms. The van der Waals surface area contributed by atoms with Crippen LogP contribution in [0.4, 0.5) is 0 Å². The summed E-state index contributed by atoms with van der Waals surface area (Å²) in [6, 6.07) is 9.10. The minimum Gasteiger partial charge on any atom is -0.329 e. The molecule has 2 aromatic heterocycles. The lowest BCUT2D eigenvalue weighted by molar-refractivity contribution is 0.541. The van der Waals surface area contributed by atoms with Gasteiger partial charge in [0.2, 0.25) is 0 Å². The fraction of sp³-hybridized carbons (Fsp3) is 0.353. The predicted molar refractivity (Wildman–Crippen MR) is 89.9 cm³/mol. The van der Waals surface area contributed by atoms with E-state index in [1.54, 1.807) is 11.3 Å². The van der Waals surface area contributed by atoms with Crippen LogP contribution in [0.1, 0.15) is 29.0 Å². The fourth-order valence-corrected chi connectivity index (χ4v) is 3.29. The lowest BCUT2D eigenvalue weighted by Crippen LogP contribution is -2.22. The maximum atomic E-state index is 4.51. The average molecular weight is 299 g/mol. The van der Waals surface area contributed by atoms with Gasteiger partial charge in [0.1, 0.15) is 0 Å². The summed E-state index contributed by atoms with van der Waals surface area (Å²) in [5.41, 5.74) is 4.94. The summed E-state index contributed by atoms with van der Waals surface area (Å²) in [5, 5.41) is 5.70. The molecule has 0 amide bonds. The van der Waals surface area contributed by atoms with Gasteiger partial charge >= 0.3 is 0 Å². The first-order valence-electron chi connectivity index (χ1n) is 7.34. The summed E-state index contributed by atoms with van der Waals surface area (Å²) in [4.78, 5) is 5.89. The van der Waals surface area contributed by atoms with Crippen LogP contribution in [-0.2, 0) is 6.54 Å². The fourth-order valence-electron chi connectivity index (χ4n) is 2.53. The van der Waals surface area contributed by atoms with Gasteiger partial charge in [-0.2, -0.15) is 0 Å². The van der Waals surface area contributed by atoms with Crippen molar-refractivity contribution in [2.75, 3.05) is 6.54 Å². The lowest BCUT2D eigenvalue weighted by Gasteiger charge is -2.13. The van der Waals surface area contributed by atoms with Crippen LogP contribution in [0.15, 0.2) is 36.0 Å². The normalized spacial score (nSPS) is 12.9. The van der Waals surface area contributed by atoms with Crippen LogP contribution in [-0.4, -0.2) is 16.1 Å². The molecule has 3 nitrogen and oxygen atoms in total. The van der Waals surface area contributed by atoms with Gasteiger partial charge in [0.05, 0.1) is 17.4 Å². The topological polar surface area (TPSA) is 29.9 Å². The molecule has 0 saturated carbocycles. The number of rotatable bonds is 5. The minimum absolute atomic E-state index is 0.406. The van der Waals surface area contributed by atoms with Crippen LogP contribution in [0.3, 0.4) is 0 Å². The zero-order valence-electron chi connectivity index (χ0n) is 12.8. The van der Waals surface area contributed by atoms with Crippen LogP contribution < -0.4 is 5.32 Å². The number of thiophene rings is 1. The average Bonchev–Trinajstić information content (AvgIpc) is 3.10. The third-order valence-corrected chi connectivity index (χ3v) is 5.06. The predicted octanol–water partition coefficient (Wildman–Crippen LogP) is 4.07. The Balaban J connectivity index is 1.67. The summed E-state index contributed by atoms with van der Waals surface area (Å²) in [6.45, 7) is 8.39. The number of benzene rings is 1. The molecule has 0 aliphatic heterocycles. The van der Waals surface area contributed by atoms with Crippen molar-refractivity contribution in [3.8, 4) is 0 Å². The zero-order chi connectivity index (χ0) is 14.8. The highest BCUT2D eigenvalue weighted by Crippen LogP contribution is 2.19. The molecule has 1 unspecified atom stereocenters. The number of hydrogen-bond acceptors (Lipinski definition) is 3. The highest BCUT2D eigenvalue weighted by atomic mass is 32.1. The SMILES string of the molecule is Cc1cc2ncn(CCNC(C)c3cccs3)c2cc1C. The zero-order valence-corrected chi connectivity index (χ0v) is 13.6. The molecule has 0 fully saturated rings. The smallest absolute Gasteiger partial charge is 0.0958 e. The highest BCUT2D eigenvalue weighted by molar-refractivity contribution is 7.10. The second-order valence-corrected chi connectivity index (χ2v) is 6.53. The third kappa shape index (κ3) is 3.01. The Morgan fingerprint density at radius 3 is 2.86 bits per heavy atom. The Morgan fingerprint density at radius 2 is 2.10 bits per heavy atom. The van der Waals surface area contributed by atoms with E-state index >= 15 is 0 Å². The van der Waals surface area contributed by atoms with E-state index in [1.165, 1.54) is 21.5 Å². The van der Waals surface area contributed by atoms with Crippen LogP contribution in [0.5, 0.6) is 0 Å². The molecule has 0 aliphatic rings. The van der Waals surface area contributed by atoms with Crippen molar-refractivity contribution in [3.63, 3.8) is 0 Å². The van der Waals surface area contributed by atoms with Gasteiger partial charge in [0, 0.05) is 24.0 Å². The minimum atomic E-state index is 0.406. The molecular weight excluding hydrogens is 278 g/mol. The van der Waals surface area contributed by atoms with Crippen molar-refractivity contribution in [2.45, 2.75) is 33.4 Å². The Hall–Kier alpha value is -1.65. The summed E-state index contributed by atoms with van der Waals surface area (Å²) >= 11 is 1.80. The van der Waals surface area contributed by atoms with E-state index in [2.05, 4.69) is 65.3 Å². The molecule has 1 aromatic carbocycles. The Bertz CT molecular complexity index is 728.